The number of nitro benzene ring substituents is 1. The van der Waals surface area contributed by atoms with E-state index >= 15 is 0 Å². The van der Waals surface area contributed by atoms with Crippen LogP contribution in [0, 0.1) is 17.0 Å². The first kappa shape index (κ1) is 9.32. The molecule has 1 heterocycles. The molecule has 0 N–H and O–H groups in total. The fourth-order valence-electron chi connectivity index (χ4n) is 1.22. The van der Waals surface area contributed by atoms with Gasteiger partial charge in [0.2, 0.25) is 0 Å². The molecule has 1 aromatic heterocycles. The normalized spacial score (nSPS) is 10.2. The van der Waals surface area contributed by atoms with Gasteiger partial charge >= 0.3 is 0 Å². The topological polar surface area (TPSA) is 82.1 Å². The lowest BCUT2D eigenvalue weighted by atomic mass is 10.2. The number of hydrogen-bond acceptors (Lipinski definition) is 5. The van der Waals surface area contributed by atoms with E-state index in [2.05, 4.69) is 10.1 Å². The first-order chi connectivity index (χ1) is 7.18. The average Bonchev–Trinajstić information content (AvgIpc) is 2.65. The number of aromatic nitrogens is 2. The maximum Gasteiger partial charge on any atom is 0.282 e. The molecule has 0 aliphatic carbocycles. The molecule has 2 aromatic rings. The van der Waals surface area contributed by atoms with Crippen molar-refractivity contribution in [2.24, 2.45) is 0 Å². The Balaban J connectivity index is 2.57. The molecule has 0 spiro atoms. The summed E-state index contributed by atoms with van der Waals surface area (Å²) in [6.45, 7) is 1.65. The van der Waals surface area contributed by atoms with Crippen LogP contribution in [0.25, 0.3) is 11.5 Å². The average molecular weight is 205 g/mol. The molecule has 0 aliphatic rings. The van der Waals surface area contributed by atoms with Gasteiger partial charge in [-0.05, 0) is 13.0 Å². The second kappa shape index (κ2) is 3.49. The van der Waals surface area contributed by atoms with E-state index in [1.54, 1.807) is 25.1 Å². The van der Waals surface area contributed by atoms with Gasteiger partial charge in [-0.3, -0.25) is 10.1 Å². The summed E-state index contributed by atoms with van der Waals surface area (Å²) in [7, 11) is 0. The monoisotopic (exact) mass is 205 g/mol. The second-order valence-electron chi connectivity index (χ2n) is 2.92. The minimum atomic E-state index is -0.477. The number of para-hydroxylation sites is 1. The van der Waals surface area contributed by atoms with Gasteiger partial charge in [0, 0.05) is 6.07 Å². The molecule has 0 unspecified atom stereocenters. The predicted octanol–water partition coefficient (Wildman–Crippen LogP) is 1.95. The lowest BCUT2D eigenvalue weighted by Crippen LogP contribution is -1.91. The van der Waals surface area contributed by atoms with Crippen LogP contribution in [-0.4, -0.2) is 15.1 Å². The van der Waals surface area contributed by atoms with Crippen LogP contribution >= 0.6 is 0 Å². The van der Waals surface area contributed by atoms with E-state index in [0.717, 1.165) is 0 Å². The van der Waals surface area contributed by atoms with Crippen LogP contribution in [0.2, 0.25) is 0 Å². The Labute approximate surface area is 84.7 Å². The van der Waals surface area contributed by atoms with Gasteiger partial charge in [0.25, 0.3) is 11.6 Å². The van der Waals surface area contributed by atoms with Crippen LogP contribution in [-0.2, 0) is 0 Å². The van der Waals surface area contributed by atoms with Crippen molar-refractivity contribution in [1.29, 1.82) is 0 Å². The molecule has 2 rings (SSSR count). The van der Waals surface area contributed by atoms with Gasteiger partial charge in [0.15, 0.2) is 5.82 Å². The van der Waals surface area contributed by atoms with E-state index in [0.29, 0.717) is 11.4 Å². The molecule has 0 fully saturated rings. The highest BCUT2D eigenvalue weighted by atomic mass is 16.6. The molecular formula is C9H7N3O3. The molecule has 0 aliphatic heterocycles. The molecule has 0 bridgehead atoms. The molecule has 0 saturated heterocycles. The van der Waals surface area contributed by atoms with Crippen LogP contribution in [0.1, 0.15) is 5.82 Å². The predicted molar refractivity (Wildman–Crippen MR) is 51.1 cm³/mol. The van der Waals surface area contributed by atoms with Crippen LogP contribution in [0.4, 0.5) is 5.69 Å². The van der Waals surface area contributed by atoms with Crippen molar-refractivity contribution in [2.75, 3.05) is 0 Å². The summed E-state index contributed by atoms with van der Waals surface area (Å²) in [6, 6.07) is 6.24. The second-order valence-corrected chi connectivity index (χ2v) is 2.92. The molecule has 6 heteroatoms. The number of benzene rings is 1. The zero-order valence-corrected chi connectivity index (χ0v) is 7.88. The lowest BCUT2D eigenvalue weighted by Gasteiger charge is -1.95. The van der Waals surface area contributed by atoms with Crippen molar-refractivity contribution in [3.8, 4) is 11.5 Å². The third kappa shape index (κ3) is 1.69. The minimum Gasteiger partial charge on any atom is -0.334 e. The maximum absolute atomic E-state index is 10.7. The quantitative estimate of drug-likeness (QED) is 0.552. The Bertz CT molecular complexity index is 507. The van der Waals surface area contributed by atoms with Crippen molar-refractivity contribution in [3.05, 3.63) is 40.2 Å². The van der Waals surface area contributed by atoms with Crippen molar-refractivity contribution in [2.45, 2.75) is 6.92 Å². The Kier molecular flexibility index (Phi) is 2.17. The summed E-state index contributed by atoms with van der Waals surface area (Å²) in [4.78, 5) is 14.2. The highest BCUT2D eigenvalue weighted by molar-refractivity contribution is 5.66. The van der Waals surface area contributed by atoms with Gasteiger partial charge in [-0.2, -0.15) is 4.98 Å². The van der Waals surface area contributed by atoms with Crippen LogP contribution < -0.4 is 0 Å². The summed E-state index contributed by atoms with van der Waals surface area (Å²) in [5, 5.41) is 14.3. The number of nitro groups is 1. The third-order valence-electron chi connectivity index (χ3n) is 1.86. The Morgan fingerprint density at radius 3 is 2.73 bits per heavy atom. The van der Waals surface area contributed by atoms with Crippen molar-refractivity contribution < 1.29 is 9.45 Å². The summed E-state index contributed by atoms with van der Waals surface area (Å²) >= 11 is 0. The number of hydrogen-bond donors (Lipinski definition) is 0. The van der Waals surface area contributed by atoms with Crippen LogP contribution in [0.15, 0.2) is 28.8 Å². The molecule has 15 heavy (non-hydrogen) atoms. The summed E-state index contributed by atoms with van der Waals surface area (Å²) < 4.78 is 4.88. The zero-order valence-electron chi connectivity index (χ0n) is 7.88. The molecular weight excluding hydrogens is 198 g/mol. The van der Waals surface area contributed by atoms with Gasteiger partial charge in [-0.25, -0.2) is 0 Å². The van der Waals surface area contributed by atoms with Gasteiger partial charge < -0.3 is 4.52 Å². The smallest absolute Gasteiger partial charge is 0.282 e. The maximum atomic E-state index is 10.7. The Hall–Kier alpha value is -2.24. The minimum absolute atomic E-state index is 0.0406. The fourth-order valence-corrected chi connectivity index (χ4v) is 1.22. The summed E-state index contributed by atoms with van der Waals surface area (Å²) in [5.74, 6) is 0.614. The molecule has 6 nitrogen and oxygen atoms in total. The van der Waals surface area contributed by atoms with E-state index in [4.69, 9.17) is 4.52 Å². The third-order valence-corrected chi connectivity index (χ3v) is 1.86. The highest BCUT2D eigenvalue weighted by Gasteiger charge is 2.18. The molecule has 1 aromatic carbocycles. The highest BCUT2D eigenvalue weighted by Crippen LogP contribution is 2.27. The van der Waals surface area contributed by atoms with E-state index in [9.17, 15) is 10.1 Å². The largest absolute Gasteiger partial charge is 0.334 e. The van der Waals surface area contributed by atoms with E-state index < -0.39 is 4.92 Å². The van der Waals surface area contributed by atoms with Gasteiger partial charge in [-0.1, -0.05) is 17.3 Å². The van der Waals surface area contributed by atoms with Gasteiger partial charge in [-0.15, -0.1) is 0 Å². The first-order valence-corrected chi connectivity index (χ1v) is 4.22. The molecule has 0 amide bonds. The van der Waals surface area contributed by atoms with Crippen LogP contribution in [0.5, 0.6) is 0 Å². The van der Waals surface area contributed by atoms with Gasteiger partial charge in [0.05, 0.1) is 4.92 Å². The van der Waals surface area contributed by atoms with E-state index in [1.165, 1.54) is 6.07 Å². The zero-order chi connectivity index (χ0) is 10.8. The summed E-state index contributed by atoms with van der Waals surface area (Å²) in [5.41, 5.74) is 0.296. The Morgan fingerprint density at radius 2 is 2.13 bits per heavy atom. The van der Waals surface area contributed by atoms with Crippen molar-refractivity contribution >= 4 is 5.69 Å². The van der Waals surface area contributed by atoms with E-state index in [1.807, 2.05) is 0 Å². The molecule has 0 atom stereocenters. The van der Waals surface area contributed by atoms with E-state index in [-0.39, 0.29) is 11.6 Å². The van der Waals surface area contributed by atoms with Crippen LogP contribution in [0.3, 0.4) is 0 Å². The van der Waals surface area contributed by atoms with Crippen molar-refractivity contribution in [3.63, 3.8) is 0 Å². The molecule has 76 valence electrons. The molecule has 0 saturated carbocycles. The number of aryl methyl sites for hydroxylation is 1. The standard InChI is InChI=1S/C9H7N3O3/c1-6-10-9(15-11-6)7-4-2-3-5-8(7)12(13)14/h2-5H,1H3. The fraction of sp³-hybridized carbons (Fsp3) is 0.111. The van der Waals surface area contributed by atoms with Gasteiger partial charge in [0.1, 0.15) is 5.56 Å². The lowest BCUT2D eigenvalue weighted by molar-refractivity contribution is -0.384. The Morgan fingerprint density at radius 1 is 1.40 bits per heavy atom. The van der Waals surface area contributed by atoms with Crippen molar-refractivity contribution in [1.82, 2.24) is 10.1 Å². The first-order valence-electron chi connectivity index (χ1n) is 4.22. The summed E-state index contributed by atoms with van der Waals surface area (Å²) in [6.07, 6.45) is 0. The SMILES string of the molecule is Cc1noc(-c2ccccc2[N+](=O)[O-])n1. The molecule has 0 radical (unpaired) electrons. The number of rotatable bonds is 2. The number of nitrogens with zero attached hydrogens (tertiary/aromatic N) is 3.